The summed E-state index contributed by atoms with van der Waals surface area (Å²) in [5.41, 5.74) is 4.60. The second-order valence-corrected chi connectivity index (χ2v) is 7.82. The number of anilines is 1. The predicted octanol–water partition coefficient (Wildman–Crippen LogP) is 4.40. The lowest BCUT2D eigenvalue weighted by molar-refractivity contribution is 0.0915. The van der Waals surface area contributed by atoms with Gasteiger partial charge in [0.15, 0.2) is 11.8 Å². The molecule has 1 fully saturated rings. The van der Waals surface area contributed by atoms with Gasteiger partial charge in [-0.1, -0.05) is 30.3 Å². The third-order valence-electron chi connectivity index (χ3n) is 5.49. The summed E-state index contributed by atoms with van der Waals surface area (Å²) < 4.78 is 17.0. The lowest BCUT2D eigenvalue weighted by Crippen LogP contribution is -2.29. The van der Waals surface area contributed by atoms with E-state index in [2.05, 4.69) is 15.6 Å². The van der Waals surface area contributed by atoms with Crippen LogP contribution in [0.1, 0.15) is 6.42 Å². The lowest BCUT2D eigenvalue weighted by Gasteiger charge is -2.14. The Labute approximate surface area is 190 Å². The molecule has 168 valence electrons. The zero-order valence-corrected chi connectivity index (χ0v) is 17.9. The average Bonchev–Trinajstić information content (AvgIpc) is 3.45. The number of rotatable bonds is 5. The Morgan fingerprint density at radius 2 is 2.00 bits per heavy atom. The Hall–Kier alpha value is -3.88. The smallest absolute Gasteiger partial charge is 0.413 e. The van der Waals surface area contributed by atoms with Gasteiger partial charge in [-0.25, -0.2) is 4.79 Å². The molecule has 8 heteroatoms. The minimum absolute atomic E-state index is 0.354. The van der Waals surface area contributed by atoms with Gasteiger partial charge in [0.25, 0.3) is 0 Å². The van der Waals surface area contributed by atoms with Gasteiger partial charge in [0.05, 0.1) is 13.2 Å². The highest BCUT2D eigenvalue weighted by molar-refractivity contribution is 5.93. The van der Waals surface area contributed by atoms with Crippen LogP contribution in [0.2, 0.25) is 0 Å². The molecule has 0 saturated carbocycles. The van der Waals surface area contributed by atoms with Gasteiger partial charge in [-0.15, -0.1) is 0 Å². The summed E-state index contributed by atoms with van der Waals surface area (Å²) >= 11 is 0. The number of nitrogens with one attached hydrogen (secondary N) is 2. The molecule has 0 radical (unpaired) electrons. The monoisotopic (exact) mass is 445 g/mol. The number of aliphatic hydroxyl groups is 1. The van der Waals surface area contributed by atoms with E-state index in [1.807, 2.05) is 48.5 Å². The Kier molecular flexibility index (Phi) is 5.68. The number of carbonyl (C=O) groups excluding carboxylic acids is 1. The van der Waals surface area contributed by atoms with Gasteiger partial charge in [0.1, 0.15) is 17.0 Å². The van der Waals surface area contributed by atoms with Crippen LogP contribution >= 0.6 is 0 Å². The maximum atomic E-state index is 12.3. The third-order valence-corrected chi connectivity index (χ3v) is 5.49. The molecule has 0 bridgehead atoms. The van der Waals surface area contributed by atoms with Gasteiger partial charge in [-0.3, -0.25) is 15.6 Å². The number of fused-ring (bicyclic) bond motifs is 1. The van der Waals surface area contributed by atoms with Crippen LogP contribution in [0.25, 0.3) is 33.6 Å². The SMILES string of the molecule is COc1cc(NC(=O)O[C@H]2C[C@@H](O)CN2)cc(-c2cc3nccc(-c4ccccc4)c3o2)c1. The summed E-state index contributed by atoms with van der Waals surface area (Å²) in [5, 5.41) is 15.2. The molecular formula is C25H23N3O5. The third kappa shape index (κ3) is 4.52. The fourth-order valence-corrected chi connectivity index (χ4v) is 3.90. The largest absolute Gasteiger partial charge is 0.497 e. The van der Waals surface area contributed by atoms with E-state index < -0.39 is 18.4 Å². The van der Waals surface area contributed by atoms with Crippen LogP contribution in [0.3, 0.4) is 0 Å². The van der Waals surface area contributed by atoms with E-state index in [4.69, 9.17) is 13.9 Å². The lowest BCUT2D eigenvalue weighted by atomic mass is 10.1. The van der Waals surface area contributed by atoms with Crippen molar-refractivity contribution in [1.29, 1.82) is 0 Å². The molecule has 4 aromatic rings. The first kappa shape index (κ1) is 21.0. The van der Waals surface area contributed by atoms with Crippen LogP contribution in [0.5, 0.6) is 5.75 Å². The van der Waals surface area contributed by atoms with Crippen LogP contribution in [0, 0.1) is 0 Å². The second-order valence-electron chi connectivity index (χ2n) is 7.82. The number of aromatic nitrogens is 1. The number of β-amino-alcohol motifs (C(OH)–C–C–N with tert-alkyl or cyclic N) is 1. The quantitative estimate of drug-likeness (QED) is 0.418. The highest BCUT2D eigenvalue weighted by atomic mass is 16.6. The molecule has 1 aliphatic heterocycles. The normalized spacial score (nSPS) is 17.8. The molecular weight excluding hydrogens is 422 g/mol. The highest BCUT2D eigenvalue weighted by Crippen LogP contribution is 2.36. The predicted molar refractivity (Wildman–Crippen MR) is 124 cm³/mol. The summed E-state index contributed by atoms with van der Waals surface area (Å²) in [5.74, 6) is 1.14. The van der Waals surface area contributed by atoms with Crippen molar-refractivity contribution >= 4 is 22.9 Å². The summed E-state index contributed by atoms with van der Waals surface area (Å²) in [6.45, 7) is 0.395. The van der Waals surface area contributed by atoms with E-state index in [1.54, 1.807) is 25.4 Å². The first-order valence-corrected chi connectivity index (χ1v) is 10.6. The molecule has 0 spiro atoms. The van der Waals surface area contributed by atoms with Gasteiger partial charge < -0.3 is 19.0 Å². The van der Waals surface area contributed by atoms with Crippen LogP contribution in [0.4, 0.5) is 10.5 Å². The highest BCUT2D eigenvalue weighted by Gasteiger charge is 2.25. The van der Waals surface area contributed by atoms with Crippen LogP contribution in [-0.4, -0.2) is 42.2 Å². The molecule has 1 amide bonds. The number of hydrogen-bond acceptors (Lipinski definition) is 7. The fourth-order valence-electron chi connectivity index (χ4n) is 3.90. The molecule has 1 saturated heterocycles. The van der Waals surface area contributed by atoms with E-state index in [0.29, 0.717) is 35.7 Å². The molecule has 3 heterocycles. The molecule has 2 aromatic heterocycles. The number of carbonyl (C=O) groups is 1. The van der Waals surface area contributed by atoms with Gasteiger partial charge in [0, 0.05) is 48.1 Å². The standard InChI is InChI=1S/C25H23N3O5/c1-31-19-10-16(9-17(11-19)28-25(30)33-23-12-18(29)14-27-23)22-13-21-24(32-22)20(7-8-26-21)15-5-3-2-4-6-15/h2-11,13,18,23,27,29H,12,14H2,1H3,(H,28,30)/t18-,23+/m1/s1. The maximum Gasteiger partial charge on any atom is 0.413 e. The fraction of sp³-hybridized carbons (Fsp3) is 0.200. The van der Waals surface area contributed by atoms with Crippen molar-refractivity contribution in [2.75, 3.05) is 19.0 Å². The van der Waals surface area contributed by atoms with E-state index >= 15 is 0 Å². The molecule has 5 rings (SSSR count). The van der Waals surface area contributed by atoms with Crippen molar-refractivity contribution < 1.29 is 23.8 Å². The molecule has 8 nitrogen and oxygen atoms in total. The van der Waals surface area contributed by atoms with E-state index in [0.717, 1.165) is 22.2 Å². The Bertz CT molecular complexity index is 1290. The van der Waals surface area contributed by atoms with Crippen molar-refractivity contribution in [3.8, 4) is 28.2 Å². The van der Waals surface area contributed by atoms with Gasteiger partial charge in [0.2, 0.25) is 0 Å². The number of furan rings is 1. The van der Waals surface area contributed by atoms with Crippen molar-refractivity contribution in [2.45, 2.75) is 18.8 Å². The number of pyridine rings is 1. The van der Waals surface area contributed by atoms with Crippen molar-refractivity contribution in [2.24, 2.45) is 0 Å². The zero-order valence-electron chi connectivity index (χ0n) is 17.9. The first-order chi connectivity index (χ1) is 16.1. The first-order valence-electron chi connectivity index (χ1n) is 10.6. The van der Waals surface area contributed by atoms with Crippen LogP contribution in [0.15, 0.2) is 71.3 Å². The average molecular weight is 445 g/mol. The number of hydrogen-bond donors (Lipinski definition) is 3. The number of methoxy groups -OCH3 is 1. The zero-order chi connectivity index (χ0) is 22.8. The van der Waals surface area contributed by atoms with Gasteiger partial charge >= 0.3 is 6.09 Å². The summed E-state index contributed by atoms with van der Waals surface area (Å²) in [4.78, 5) is 16.8. The second kappa shape index (κ2) is 8.93. The Morgan fingerprint density at radius 3 is 2.76 bits per heavy atom. The van der Waals surface area contributed by atoms with E-state index in [-0.39, 0.29) is 0 Å². The van der Waals surface area contributed by atoms with E-state index in [1.165, 1.54) is 0 Å². The van der Waals surface area contributed by atoms with Gasteiger partial charge in [-0.2, -0.15) is 0 Å². The topological polar surface area (TPSA) is 106 Å². The Balaban J connectivity index is 1.45. The molecule has 2 aromatic carbocycles. The number of nitrogens with zero attached hydrogens (tertiary/aromatic N) is 1. The summed E-state index contributed by atoms with van der Waals surface area (Å²) in [7, 11) is 1.55. The number of amides is 1. The minimum atomic E-state index is -0.626. The Morgan fingerprint density at radius 1 is 1.15 bits per heavy atom. The molecule has 0 aliphatic carbocycles. The van der Waals surface area contributed by atoms with E-state index in [9.17, 15) is 9.90 Å². The summed E-state index contributed by atoms with van der Waals surface area (Å²) in [6, 6.07) is 19.1. The van der Waals surface area contributed by atoms with Crippen LogP contribution < -0.4 is 15.4 Å². The molecule has 2 atom stereocenters. The van der Waals surface area contributed by atoms with Crippen LogP contribution in [-0.2, 0) is 4.74 Å². The minimum Gasteiger partial charge on any atom is -0.497 e. The van der Waals surface area contributed by atoms with Gasteiger partial charge in [-0.05, 0) is 23.8 Å². The number of aliphatic hydroxyl groups excluding tert-OH is 1. The van der Waals surface area contributed by atoms with Crippen molar-refractivity contribution in [1.82, 2.24) is 10.3 Å². The molecule has 33 heavy (non-hydrogen) atoms. The molecule has 3 N–H and O–H groups in total. The molecule has 0 unspecified atom stereocenters. The number of ether oxygens (including phenoxy) is 2. The molecule has 1 aliphatic rings. The number of benzene rings is 2. The summed E-state index contributed by atoms with van der Waals surface area (Å²) in [6.07, 6.45) is 0.439. The van der Waals surface area contributed by atoms with Crippen molar-refractivity contribution in [3.05, 3.63) is 66.9 Å². The maximum absolute atomic E-state index is 12.3. The van der Waals surface area contributed by atoms with Crippen molar-refractivity contribution in [3.63, 3.8) is 0 Å².